The van der Waals surface area contributed by atoms with E-state index in [0.29, 0.717) is 12.8 Å². The third-order valence-electron chi connectivity index (χ3n) is 8.73. The highest BCUT2D eigenvalue weighted by atomic mass is 32.1. The fraction of sp³-hybridized carbons (Fsp3) is 0.727. The summed E-state index contributed by atoms with van der Waals surface area (Å²) in [6, 6.07) is 0. The van der Waals surface area contributed by atoms with Crippen molar-refractivity contribution in [2.75, 3.05) is 6.61 Å². The number of Topliss-reactive ketones (excluding diaryl/α,β-unsaturated/α-hetero) is 1. The van der Waals surface area contributed by atoms with Gasteiger partial charge in [0, 0.05) is 24.2 Å². The Morgan fingerprint density at radius 1 is 1.30 bits per heavy atom. The van der Waals surface area contributed by atoms with Gasteiger partial charge in [-0.25, -0.2) is 0 Å². The number of carbonyl (C=O) groups is 2. The van der Waals surface area contributed by atoms with E-state index in [4.69, 9.17) is 18.0 Å². The summed E-state index contributed by atoms with van der Waals surface area (Å²) >= 11 is 4.80. The molecule has 0 bridgehead atoms. The first-order valence-corrected chi connectivity index (χ1v) is 11.2. The van der Waals surface area contributed by atoms with Gasteiger partial charge in [-0.15, -0.1) is 0 Å². The highest BCUT2D eigenvalue weighted by Crippen LogP contribution is 2.66. The number of allylic oxidation sites excluding steroid dienone is 1. The van der Waals surface area contributed by atoms with Gasteiger partial charge >= 0.3 is 0 Å². The van der Waals surface area contributed by atoms with Gasteiger partial charge in [0.2, 0.25) is 0 Å². The number of aliphatic hydroxyl groups excluding tert-OH is 1. The second-order valence-corrected chi connectivity index (χ2v) is 10.4. The molecule has 0 aromatic heterocycles. The largest absolute Gasteiger partial charge is 0.390 e. The summed E-state index contributed by atoms with van der Waals surface area (Å²) in [5, 5.41) is 25.7. The van der Waals surface area contributed by atoms with Crippen LogP contribution in [0.15, 0.2) is 16.8 Å². The van der Waals surface area contributed by atoms with Crippen LogP contribution in [0.25, 0.3) is 0 Å². The van der Waals surface area contributed by atoms with Crippen molar-refractivity contribution in [2.24, 2.45) is 39.4 Å². The quantitative estimate of drug-likeness (QED) is 0.303. The van der Waals surface area contributed by atoms with Crippen LogP contribution in [0, 0.1) is 28.6 Å². The van der Waals surface area contributed by atoms with E-state index < -0.39 is 17.6 Å². The molecule has 6 atom stereocenters. The first-order valence-electron chi connectivity index (χ1n) is 10.8. The number of nitrogens with two attached hydrogens (primary N) is 1. The fourth-order valence-corrected chi connectivity index (χ4v) is 7.29. The Balaban J connectivity index is 1.71. The topological polar surface area (TPSA) is 125 Å². The molecular weight excluding hydrogens is 402 g/mol. The van der Waals surface area contributed by atoms with Crippen LogP contribution >= 0.6 is 12.2 Å². The molecule has 5 N–H and O–H groups in total. The minimum Gasteiger partial charge on any atom is -0.390 e. The van der Waals surface area contributed by atoms with Crippen molar-refractivity contribution < 1.29 is 19.8 Å². The van der Waals surface area contributed by atoms with Gasteiger partial charge in [-0.2, -0.15) is 5.10 Å². The summed E-state index contributed by atoms with van der Waals surface area (Å²) in [6.07, 6.45) is 6.10. The maximum Gasteiger partial charge on any atom is 0.184 e. The van der Waals surface area contributed by atoms with E-state index in [9.17, 15) is 19.8 Å². The molecule has 0 aromatic rings. The van der Waals surface area contributed by atoms with Crippen molar-refractivity contribution in [3.8, 4) is 0 Å². The van der Waals surface area contributed by atoms with Gasteiger partial charge in [-0.3, -0.25) is 15.0 Å². The van der Waals surface area contributed by atoms with Crippen LogP contribution in [-0.2, 0) is 9.59 Å². The van der Waals surface area contributed by atoms with E-state index in [2.05, 4.69) is 17.5 Å². The molecule has 3 saturated carbocycles. The summed E-state index contributed by atoms with van der Waals surface area (Å²) in [7, 11) is 0. The van der Waals surface area contributed by atoms with Crippen molar-refractivity contribution in [3.63, 3.8) is 0 Å². The molecule has 0 saturated heterocycles. The highest BCUT2D eigenvalue weighted by Gasteiger charge is 2.67. The minimum absolute atomic E-state index is 0.0459. The van der Waals surface area contributed by atoms with Crippen molar-refractivity contribution in [2.45, 2.75) is 64.4 Å². The first kappa shape index (κ1) is 21.6. The number of aliphatic hydroxyl groups is 2. The molecule has 0 spiro atoms. The summed E-state index contributed by atoms with van der Waals surface area (Å²) < 4.78 is 0. The lowest BCUT2D eigenvalue weighted by Gasteiger charge is -2.58. The van der Waals surface area contributed by atoms with E-state index >= 15 is 0 Å². The van der Waals surface area contributed by atoms with Crippen LogP contribution in [0.4, 0.5) is 0 Å². The lowest BCUT2D eigenvalue weighted by atomic mass is 9.46. The van der Waals surface area contributed by atoms with Crippen LogP contribution in [0.2, 0.25) is 0 Å². The first-order chi connectivity index (χ1) is 14.1. The average Bonchev–Trinajstić information content (AvgIpc) is 2.93. The van der Waals surface area contributed by atoms with Gasteiger partial charge in [0.1, 0.15) is 11.4 Å². The predicted molar refractivity (Wildman–Crippen MR) is 116 cm³/mol. The van der Waals surface area contributed by atoms with Crippen LogP contribution in [0.1, 0.15) is 58.8 Å². The van der Waals surface area contributed by atoms with E-state index in [0.717, 1.165) is 31.3 Å². The standard InChI is InChI=1S/C22H31N3O4S/c1-20-7-5-13(27)9-12(20)3-4-14-15-6-8-22(29,17(11-26)24-25-19(23)30)21(15,2)10-16(28)18(14)20/h9,14-15,18,26,29H,3-8,10-11H2,1-2H3,(H3,23,25,30). The van der Waals surface area contributed by atoms with Gasteiger partial charge in [0.05, 0.1) is 12.3 Å². The van der Waals surface area contributed by atoms with Gasteiger partial charge < -0.3 is 15.9 Å². The Labute approximate surface area is 182 Å². The monoisotopic (exact) mass is 433 g/mol. The normalized spacial score (nSPS) is 43.4. The molecule has 0 amide bonds. The molecule has 0 aliphatic heterocycles. The van der Waals surface area contributed by atoms with Crippen LogP contribution in [0.3, 0.4) is 0 Å². The van der Waals surface area contributed by atoms with Gasteiger partial charge in [0.25, 0.3) is 0 Å². The van der Waals surface area contributed by atoms with Crippen molar-refractivity contribution in [3.05, 3.63) is 11.6 Å². The lowest BCUT2D eigenvalue weighted by molar-refractivity contribution is -0.152. The van der Waals surface area contributed by atoms with Gasteiger partial charge in [-0.05, 0) is 67.6 Å². The van der Waals surface area contributed by atoms with Crippen molar-refractivity contribution >= 4 is 34.6 Å². The van der Waals surface area contributed by atoms with Gasteiger partial charge in [0.15, 0.2) is 10.9 Å². The lowest BCUT2D eigenvalue weighted by Crippen LogP contribution is -2.61. The average molecular weight is 434 g/mol. The number of carbonyl (C=O) groups excluding carboxylic acids is 2. The second kappa shape index (κ2) is 7.21. The van der Waals surface area contributed by atoms with Crippen LogP contribution < -0.4 is 11.2 Å². The molecule has 0 radical (unpaired) electrons. The number of rotatable bonds is 3. The molecule has 164 valence electrons. The molecule has 7 nitrogen and oxygen atoms in total. The van der Waals surface area contributed by atoms with Gasteiger partial charge in [-0.1, -0.05) is 19.4 Å². The number of nitrogens with one attached hydrogen (secondary N) is 1. The van der Waals surface area contributed by atoms with E-state index in [1.807, 2.05) is 6.92 Å². The number of thiocarbonyl (C=S) groups is 1. The minimum atomic E-state index is -1.40. The summed E-state index contributed by atoms with van der Waals surface area (Å²) in [6.45, 7) is 3.67. The second-order valence-electron chi connectivity index (χ2n) is 9.99. The van der Waals surface area contributed by atoms with E-state index in [-0.39, 0.29) is 52.0 Å². The molecule has 30 heavy (non-hydrogen) atoms. The third kappa shape index (κ3) is 2.91. The Hall–Kier alpha value is -1.64. The molecule has 4 aliphatic carbocycles. The zero-order valence-electron chi connectivity index (χ0n) is 17.6. The number of hydrazone groups is 1. The van der Waals surface area contributed by atoms with Crippen molar-refractivity contribution in [1.82, 2.24) is 5.43 Å². The Kier molecular flexibility index (Phi) is 5.19. The predicted octanol–water partition coefficient (Wildman–Crippen LogP) is 1.61. The third-order valence-corrected chi connectivity index (χ3v) is 8.83. The Morgan fingerprint density at radius 3 is 2.70 bits per heavy atom. The highest BCUT2D eigenvalue weighted by molar-refractivity contribution is 7.80. The maximum absolute atomic E-state index is 13.6. The van der Waals surface area contributed by atoms with E-state index in [1.54, 1.807) is 6.08 Å². The van der Waals surface area contributed by atoms with E-state index in [1.165, 1.54) is 0 Å². The Morgan fingerprint density at radius 2 is 2.03 bits per heavy atom. The number of hydrogen-bond acceptors (Lipinski definition) is 6. The molecule has 3 fully saturated rings. The SMILES string of the molecule is CC12CCC(=O)C=C1CCC1C2C(=O)CC2(C)C1CCC2(O)C(CO)=NNC(N)=S. The molecule has 0 aromatic carbocycles. The number of ketones is 2. The summed E-state index contributed by atoms with van der Waals surface area (Å²) in [5.41, 5.74) is 6.87. The molecule has 6 unspecified atom stereocenters. The maximum atomic E-state index is 13.6. The molecule has 4 aliphatic rings. The Bertz CT molecular complexity index is 870. The number of fused-ring (bicyclic) bond motifs is 5. The summed E-state index contributed by atoms with van der Waals surface area (Å²) in [4.78, 5) is 25.6. The zero-order valence-corrected chi connectivity index (χ0v) is 18.4. The molecule has 0 heterocycles. The zero-order chi connectivity index (χ0) is 21.9. The smallest absolute Gasteiger partial charge is 0.184 e. The number of hydrogen-bond donors (Lipinski definition) is 4. The molecule has 8 heteroatoms. The fourth-order valence-electron chi connectivity index (χ4n) is 7.24. The number of nitrogens with zero attached hydrogens (tertiary/aromatic N) is 1. The van der Waals surface area contributed by atoms with Crippen molar-refractivity contribution in [1.29, 1.82) is 0 Å². The van der Waals surface area contributed by atoms with Crippen LogP contribution in [-0.4, -0.2) is 44.8 Å². The van der Waals surface area contributed by atoms with Crippen LogP contribution in [0.5, 0.6) is 0 Å². The molecular formula is C22H31N3O4S. The molecule has 4 rings (SSSR count). The summed E-state index contributed by atoms with van der Waals surface area (Å²) in [5.74, 6) is 0.502.